The second-order valence-corrected chi connectivity index (χ2v) is 8.41. The lowest BCUT2D eigenvalue weighted by atomic mass is 9.95. The number of hydrogen-bond donors (Lipinski definition) is 1. The molecule has 0 aliphatic rings. The first-order valence-electron chi connectivity index (χ1n) is 9.55. The number of nitrogens with one attached hydrogen (secondary N) is 1. The lowest BCUT2D eigenvalue weighted by Gasteiger charge is -2.18. The van der Waals surface area contributed by atoms with E-state index in [9.17, 15) is 8.42 Å². The number of para-hydroxylation sites is 1. The molecule has 3 aromatic rings. The van der Waals surface area contributed by atoms with Gasteiger partial charge in [0.05, 0.1) is 11.5 Å². The van der Waals surface area contributed by atoms with Gasteiger partial charge >= 0.3 is 0 Å². The number of ether oxygens (including phenoxy) is 1. The zero-order valence-electron chi connectivity index (χ0n) is 16.2. The van der Waals surface area contributed by atoms with Gasteiger partial charge in [-0.2, -0.15) is 0 Å². The molecular formula is C24H25NO3S. The molecule has 0 fully saturated rings. The minimum atomic E-state index is -3.59. The van der Waals surface area contributed by atoms with Gasteiger partial charge in [0.1, 0.15) is 5.75 Å². The molecule has 1 N–H and O–H groups in total. The Hall–Kier alpha value is -3.05. The fraction of sp³-hybridized carbons (Fsp3) is 0.167. The van der Waals surface area contributed by atoms with Crippen molar-refractivity contribution in [1.29, 1.82) is 0 Å². The summed E-state index contributed by atoms with van der Waals surface area (Å²) >= 11 is 0. The third-order valence-electron chi connectivity index (χ3n) is 4.60. The average Bonchev–Trinajstić information content (AvgIpc) is 2.76. The first kappa shape index (κ1) is 20.7. The molecule has 0 aromatic heterocycles. The lowest BCUT2D eigenvalue weighted by Crippen LogP contribution is -2.13. The second kappa shape index (κ2) is 9.94. The molecule has 0 amide bonds. The Bertz CT molecular complexity index is 1000. The first-order chi connectivity index (χ1) is 14.1. The van der Waals surface area contributed by atoms with Crippen molar-refractivity contribution in [3.8, 4) is 5.75 Å². The molecule has 0 saturated heterocycles. The van der Waals surface area contributed by atoms with E-state index in [-0.39, 0.29) is 10.8 Å². The Morgan fingerprint density at radius 1 is 0.897 bits per heavy atom. The average molecular weight is 408 g/mol. The van der Waals surface area contributed by atoms with Crippen LogP contribution in [0.15, 0.2) is 102 Å². The summed E-state index contributed by atoms with van der Waals surface area (Å²) in [6.45, 7) is 4.36. The van der Waals surface area contributed by atoms with Crippen molar-refractivity contribution in [2.75, 3.05) is 11.3 Å². The summed E-state index contributed by atoms with van der Waals surface area (Å²) in [6.07, 6.45) is 3.69. The van der Waals surface area contributed by atoms with Gasteiger partial charge in [-0.1, -0.05) is 54.6 Å². The van der Waals surface area contributed by atoms with E-state index in [4.69, 9.17) is 4.74 Å². The van der Waals surface area contributed by atoms with E-state index >= 15 is 0 Å². The molecule has 5 heteroatoms. The summed E-state index contributed by atoms with van der Waals surface area (Å²) in [6, 6.07) is 25.5. The highest BCUT2D eigenvalue weighted by molar-refractivity contribution is 7.92. The van der Waals surface area contributed by atoms with Crippen molar-refractivity contribution in [3.05, 3.63) is 103 Å². The second-order valence-electron chi connectivity index (χ2n) is 6.73. The minimum Gasteiger partial charge on any atom is -0.493 e. The molecule has 0 bridgehead atoms. The van der Waals surface area contributed by atoms with Gasteiger partial charge in [-0.05, 0) is 54.8 Å². The Kier molecular flexibility index (Phi) is 7.09. The zero-order valence-corrected chi connectivity index (χ0v) is 17.0. The van der Waals surface area contributed by atoms with Crippen LogP contribution < -0.4 is 9.46 Å². The maximum Gasteiger partial charge on any atom is 0.261 e. The number of sulfonamides is 1. The van der Waals surface area contributed by atoms with Crippen LogP contribution in [0.4, 0.5) is 5.69 Å². The van der Waals surface area contributed by atoms with Gasteiger partial charge < -0.3 is 4.74 Å². The van der Waals surface area contributed by atoms with Gasteiger partial charge in [0.2, 0.25) is 0 Å². The van der Waals surface area contributed by atoms with E-state index in [0.29, 0.717) is 12.3 Å². The molecule has 1 atom stereocenters. The zero-order chi connectivity index (χ0) is 20.5. The summed E-state index contributed by atoms with van der Waals surface area (Å²) < 4.78 is 33.5. The minimum absolute atomic E-state index is 0.188. The third-order valence-corrected chi connectivity index (χ3v) is 6.00. The summed E-state index contributed by atoms with van der Waals surface area (Å²) in [4.78, 5) is 0.240. The van der Waals surface area contributed by atoms with Crippen molar-refractivity contribution < 1.29 is 13.2 Å². The molecule has 0 saturated carbocycles. The summed E-state index contributed by atoms with van der Waals surface area (Å²) in [7, 11) is -3.59. The fourth-order valence-corrected chi connectivity index (χ4v) is 4.10. The summed E-state index contributed by atoms with van der Waals surface area (Å²) in [5, 5.41) is 0. The highest BCUT2D eigenvalue weighted by Gasteiger charge is 2.15. The van der Waals surface area contributed by atoms with E-state index in [1.807, 2.05) is 48.5 Å². The van der Waals surface area contributed by atoms with Gasteiger partial charge in [-0.3, -0.25) is 4.72 Å². The van der Waals surface area contributed by atoms with Gasteiger partial charge in [0.15, 0.2) is 0 Å². The van der Waals surface area contributed by atoms with Gasteiger partial charge in [-0.25, -0.2) is 8.42 Å². The Morgan fingerprint density at radius 3 is 2.14 bits per heavy atom. The number of allylic oxidation sites excluding steroid dienone is 1. The highest BCUT2D eigenvalue weighted by Crippen LogP contribution is 2.25. The van der Waals surface area contributed by atoms with Gasteiger partial charge in [-0.15, -0.1) is 6.58 Å². The molecule has 4 nitrogen and oxygen atoms in total. The molecule has 0 heterocycles. The first-order valence-corrected chi connectivity index (χ1v) is 11.0. The van der Waals surface area contributed by atoms with E-state index in [1.165, 1.54) is 0 Å². The Labute approximate surface area is 172 Å². The summed E-state index contributed by atoms with van der Waals surface area (Å²) in [5.74, 6) is 1.02. The fourth-order valence-electron chi connectivity index (χ4n) is 3.02. The third kappa shape index (κ3) is 5.96. The highest BCUT2D eigenvalue weighted by atomic mass is 32.2. The van der Waals surface area contributed by atoms with Gasteiger partial charge in [0.25, 0.3) is 10.0 Å². The molecule has 0 spiro atoms. The molecule has 0 aliphatic heterocycles. The van der Waals surface area contributed by atoms with Crippen LogP contribution in [0.25, 0.3) is 0 Å². The number of hydrogen-bond acceptors (Lipinski definition) is 3. The van der Waals surface area contributed by atoms with Gasteiger partial charge in [0, 0.05) is 11.6 Å². The van der Waals surface area contributed by atoms with E-state index in [0.717, 1.165) is 24.2 Å². The SMILES string of the molecule is C=CCCC(COc1ccccc1)c1ccc(NS(=O)(=O)c2ccccc2)cc1. The Morgan fingerprint density at radius 2 is 1.52 bits per heavy atom. The monoisotopic (exact) mass is 407 g/mol. The van der Waals surface area contributed by atoms with Crippen LogP contribution in [-0.4, -0.2) is 15.0 Å². The van der Waals surface area contributed by atoms with Crippen molar-refractivity contribution in [1.82, 2.24) is 0 Å². The molecule has 0 radical (unpaired) electrons. The van der Waals surface area contributed by atoms with Crippen LogP contribution in [0.3, 0.4) is 0 Å². The van der Waals surface area contributed by atoms with Crippen molar-refractivity contribution in [2.45, 2.75) is 23.7 Å². The molecule has 29 heavy (non-hydrogen) atoms. The normalized spacial score (nSPS) is 12.1. The van der Waals surface area contributed by atoms with Crippen LogP contribution >= 0.6 is 0 Å². The molecule has 3 aromatic carbocycles. The van der Waals surface area contributed by atoms with Crippen LogP contribution in [-0.2, 0) is 10.0 Å². The number of anilines is 1. The van der Waals surface area contributed by atoms with Crippen molar-refractivity contribution in [2.24, 2.45) is 0 Å². The molecule has 3 rings (SSSR count). The predicted molar refractivity (Wildman–Crippen MR) is 118 cm³/mol. The molecule has 1 unspecified atom stereocenters. The maximum atomic E-state index is 12.5. The lowest BCUT2D eigenvalue weighted by molar-refractivity contribution is 0.282. The van der Waals surface area contributed by atoms with Crippen molar-refractivity contribution in [3.63, 3.8) is 0 Å². The molecule has 150 valence electrons. The number of rotatable bonds is 10. The van der Waals surface area contributed by atoms with E-state index < -0.39 is 10.0 Å². The number of benzene rings is 3. The Balaban J connectivity index is 1.70. The standard InChI is InChI=1S/C24H25NO3S/c1-2-3-10-21(19-28-23-11-6-4-7-12-23)20-15-17-22(18-16-20)25-29(26,27)24-13-8-5-9-14-24/h2,4-9,11-18,21,25H,1,3,10,19H2. The maximum absolute atomic E-state index is 12.5. The van der Waals surface area contributed by atoms with Crippen LogP contribution in [0.1, 0.15) is 24.3 Å². The van der Waals surface area contributed by atoms with Crippen LogP contribution in [0.5, 0.6) is 5.75 Å². The van der Waals surface area contributed by atoms with Crippen LogP contribution in [0, 0.1) is 0 Å². The molecule has 0 aliphatic carbocycles. The molecular weight excluding hydrogens is 382 g/mol. The smallest absolute Gasteiger partial charge is 0.261 e. The summed E-state index contributed by atoms with van der Waals surface area (Å²) in [5.41, 5.74) is 1.63. The van der Waals surface area contributed by atoms with Crippen molar-refractivity contribution >= 4 is 15.7 Å². The largest absolute Gasteiger partial charge is 0.493 e. The topological polar surface area (TPSA) is 55.4 Å². The predicted octanol–water partition coefficient (Wildman–Crippen LogP) is 5.62. The van der Waals surface area contributed by atoms with E-state index in [2.05, 4.69) is 11.3 Å². The quantitative estimate of drug-likeness (QED) is 0.444. The van der Waals surface area contributed by atoms with Crippen LogP contribution in [0.2, 0.25) is 0 Å². The van der Waals surface area contributed by atoms with E-state index in [1.54, 1.807) is 42.5 Å².